The van der Waals surface area contributed by atoms with Crippen LogP contribution in [0.3, 0.4) is 0 Å². The number of ether oxygens (including phenoxy) is 1. The van der Waals surface area contributed by atoms with E-state index in [4.69, 9.17) is 9.15 Å². The number of nitrogens with zero attached hydrogens (tertiary/aromatic N) is 1. The van der Waals surface area contributed by atoms with Gasteiger partial charge in [-0.05, 0) is 42.8 Å². The van der Waals surface area contributed by atoms with Crippen molar-refractivity contribution in [2.75, 3.05) is 0 Å². The van der Waals surface area contributed by atoms with Crippen LogP contribution in [0.15, 0.2) is 47.0 Å². The van der Waals surface area contributed by atoms with Crippen LogP contribution in [0.4, 0.5) is 0 Å². The molecule has 1 fully saturated rings. The molecule has 2 aromatic heterocycles. The number of fused-ring (bicyclic) bond motifs is 4. The number of aryl methyl sites for hydroxylation is 2. The third kappa shape index (κ3) is 2.05. The number of aromatic nitrogens is 1. The van der Waals surface area contributed by atoms with Gasteiger partial charge in [0.05, 0.1) is 10.9 Å². The lowest BCUT2D eigenvalue weighted by Crippen LogP contribution is -2.32. The molecule has 0 saturated heterocycles. The summed E-state index contributed by atoms with van der Waals surface area (Å²) in [6, 6.07) is 12.9. The van der Waals surface area contributed by atoms with E-state index in [0.717, 1.165) is 33.9 Å². The molecule has 0 radical (unpaired) electrons. The summed E-state index contributed by atoms with van der Waals surface area (Å²) in [7, 11) is 2.11. The molecule has 0 atom stereocenters. The second-order valence-electron chi connectivity index (χ2n) is 8.05. The summed E-state index contributed by atoms with van der Waals surface area (Å²) < 4.78 is 15.1. The van der Waals surface area contributed by atoms with E-state index in [9.17, 15) is 0 Å². The minimum atomic E-state index is 0.555. The zero-order valence-electron chi connectivity index (χ0n) is 15.7. The summed E-state index contributed by atoms with van der Waals surface area (Å²) >= 11 is 0. The predicted octanol–water partition coefficient (Wildman–Crippen LogP) is 6.15. The van der Waals surface area contributed by atoms with Crippen LogP contribution in [0.5, 0.6) is 11.5 Å². The zero-order valence-corrected chi connectivity index (χ0v) is 15.7. The minimum Gasteiger partial charge on any atom is -0.456 e. The molecule has 27 heavy (non-hydrogen) atoms. The molecular formula is C24H22NO2+. The third-order valence-electron chi connectivity index (χ3n) is 6.31. The van der Waals surface area contributed by atoms with Crippen LogP contribution in [0, 0.1) is 6.92 Å². The highest BCUT2D eigenvalue weighted by Crippen LogP contribution is 2.49. The van der Waals surface area contributed by atoms with Crippen LogP contribution >= 0.6 is 0 Å². The van der Waals surface area contributed by atoms with Crippen LogP contribution in [0.1, 0.15) is 42.9 Å². The average molecular weight is 356 g/mol. The monoisotopic (exact) mass is 356 g/mol. The number of furan rings is 1. The lowest BCUT2D eigenvalue weighted by molar-refractivity contribution is -0.659. The molecule has 6 rings (SSSR count). The normalized spacial score (nSPS) is 16.1. The Labute approximate surface area is 158 Å². The van der Waals surface area contributed by atoms with Gasteiger partial charge in [0.1, 0.15) is 18.6 Å². The zero-order chi connectivity index (χ0) is 18.1. The number of pyridine rings is 1. The van der Waals surface area contributed by atoms with Crippen molar-refractivity contribution in [2.24, 2.45) is 7.05 Å². The summed E-state index contributed by atoms with van der Waals surface area (Å²) in [5.41, 5.74) is 4.51. The molecule has 0 amide bonds. The van der Waals surface area contributed by atoms with Crippen molar-refractivity contribution in [1.29, 1.82) is 0 Å². The maximum Gasteiger partial charge on any atom is 0.260 e. The van der Waals surface area contributed by atoms with E-state index in [-0.39, 0.29) is 0 Å². The number of benzene rings is 2. The molecule has 2 aliphatic rings. The van der Waals surface area contributed by atoms with Gasteiger partial charge >= 0.3 is 0 Å². The van der Waals surface area contributed by atoms with E-state index < -0.39 is 0 Å². The lowest BCUT2D eigenvalue weighted by Gasteiger charge is -2.20. The Bertz CT molecular complexity index is 1230. The molecule has 3 heteroatoms. The van der Waals surface area contributed by atoms with E-state index in [0.29, 0.717) is 5.92 Å². The van der Waals surface area contributed by atoms with Crippen molar-refractivity contribution in [2.45, 2.75) is 38.5 Å². The highest BCUT2D eigenvalue weighted by molar-refractivity contribution is 6.06. The van der Waals surface area contributed by atoms with Crippen molar-refractivity contribution in [3.05, 3.63) is 53.9 Å². The van der Waals surface area contributed by atoms with Gasteiger partial charge in [0.15, 0.2) is 11.8 Å². The molecule has 4 aromatic rings. The van der Waals surface area contributed by atoms with Crippen molar-refractivity contribution in [3.8, 4) is 22.8 Å². The molecule has 0 bridgehead atoms. The Hall–Kier alpha value is -2.81. The van der Waals surface area contributed by atoms with Gasteiger partial charge in [-0.2, -0.15) is 4.57 Å². The second-order valence-corrected chi connectivity index (χ2v) is 8.05. The van der Waals surface area contributed by atoms with Gasteiger partial charge in [0.2, 0.25) is 5.75 Å². The van der Waals surface area contributed by atoms with Gasteiger partial charge in [0, 0.05) is 11.3 Å². The first kappa shape index (κ1) is 15.3. The molecule has 2 aromatic carbocycles. The van der Waals surface area contributed by atoms with Crippen molar-refractivity contribution in [1.82, 2.24) is 0 Å². The first-order chi connectivity index (χ1) is 13.2. The summed E-state index contributed by atoms with van der Waals surface area (Å²) in [5.74, 6) is 3.45. The van der Waals surface area contributed by atoms with Gasteiger partial charge in [-0.25, -0.2) is 0 Å². The summed E-state index contributed by atoms with van der Waals surface area (Å²) in [5, 5.41) is 3.54. The number of rotatable bonds is 1. The largest absolute Gasteiger partial charge is 0.456 e. The third-order valence-corrected chi connectivity index (χ3v) is 6.31. The summed E-state index contributed by atoms with van der Waals surface area (Å²) in [6.07, 6.45) is 7.26. The van der Waals surface area contributed by atoms with E-state index in [1.807, 2.05) is 0 Å². The maximum absolute atomic E-state index is 6.46. The quantitative estimate of drug-likeness (QED) is 0.337. The van der Waals surface area contributed by atoms with Gasteiger partial charge in [-0.1, -0.05) is 37.1 Å². The van der Waals surface area contributed by atoms with E-state index >= 15 is 0 Å². The predicted molar refractivity (Wildman–Crippen MR) is 106 cm³/mol. The molecule has 3 heterocycles. The van der Waals surface area contributed by atoms with Gasteiger partial charge in [-0.3, -0.25) is 0 Å². The number of hydrogen-bond acceptors (Lipinski definition) is 2. The van der Waals surface area contributed by atoms with Crippen molar-refractivity contribution in [3.63, 3.8) is 0 Å². The molecule has 3 nitrogen and oxygen atoms in total. The first-order valence-corrected chi connectivity index (χ1v) is 9.87. The Morgan fingerprint density at radius 2 is 1.89 bits per heavy atom. The van der Waals surface area contributed by atoms with E-state index in [1.54, 1.807) is 0 Å². The fraction of sp³-hybridized carbons (Fsp3) is 0.292. The highest BCUT2D eigenvalue weighted by Gasteiger charge is 2.33. The second kappa shape index (κ2) is 5.35. The molecular weight excluding hydrogens is 334 g/mol. The Morgan fingerprint density at radius 1 is 1.04 bits per heavy atom. The van der Waals surface area contributed by atoms with Gasteiger partial charge in [0.25, 0.3) is 5.69 Å². The molecule has 0 unspecified atom stereocenters. The lowest BCUT2D eigenvalue weighted by atomic mass is 9.93. The molecule has 1 saturated carbocycles. The Kier molecular flexibility index (Phi) is 3.03. The van der Waals surface area contributed by atoms with Crippen LogP contribution in [0.25, 0.3) is 33.0 Å². The Balaban J connectivity index is 1.69. The smallest absolute Gasteiger partial charge is 0.260 e. The standard InChI is InChI=1S/C24H22NO2/c1-14-10-11-16-8-5-9-18-21(16)20(14)22-24(26-18)23-17(13-25(22)2)12-19(27-23)15-6-3-4-7-15/h5,8-13,15H,3-4,6-7H2,1-2H3/q+1. The van der Waals surface area contributed by atoms with E-state index in [2.05, 4.69) is 61.1 Å². The fourth-order valence-corrected chi connectivity index (χ4v) is 4.99. The van der Waals surface area contributed by atoms with Gasteiger partial charge < -0.3 is 9.15 Å². The SMILES string of the molecule is Cc1ccc2cccc3c2c1-c1c(c2oc(C4CCCC4)cc2c[n+]1C)O3. The fourth-order valence-electron chi connectivity index (χ4n) is 4.99. The van der Waals surface area contributed by atoms with Crippen molar-refractivity contribution < 1.29 is 13.7 Å². The highest BCUT2D eigenvalue weighted by atomic mass is 16.5. The molecule has 0 spiro atoms. The summed E-state index contributed by atoms with van der Waals surface area (Å²) in [6.45, 7) is 2.18. The molecule has 134 valence electrons. The van der Waals surface area contributed by atoms with Crippen LogP contribution in [-0.2, 0) is 7.05 Å². The number of hydrogen-bond donors (Lipinski definition) is 0. The molecule has 1 aliphatic carbocycles. The molecule has 0 N–H and O–H groups in total. The van der Waals surface area contributed by atoms with Crippen molar-refractivity contribution >= 4 is 21.7 Å². The maximum atomic E-state index is 6.46. The average Bonchev–Trinajstić information content (AvgIpc) is 3.33. The minimum absolute atomic E-state index is 0.555. The topological polar surface area (TPSA) is 26.2 Å². The van der Waals surface area contributed by atoms with Gasteiger partial charge in [-0.15, -0.1) is 0 Å². The van der Waals surface area contributed by atoms with E-state index in [1.165, 1.54) is 47.6 Å². The molecule has 1 aliphatic heterocycles. The van der Waals surface area contributed by atoms with Crippen LogP contribution < -0.4 is 9.30 Å². The first-order valence-electron chi connectivity index (χ1n) is 9.87. The van der Waals surface area contributed by atoms with Crippen LogP contribution in [-0.4, -0.2) is 0 Å². The Morgan fingerprint density at radius 3 is 2.74 bits per heavy atom. The van der Waals surface area contributed by atoms with Crippen LogP contribution in [0.2, 0.25) is 0 Å². The summed E-state index contributed by atoms with van der Waals surface area (Å²) in [4.78, 5) is 0.